The van der Waals surface area contributed by atoms with Crippen molar-refractivity contribution in [3.05, 3.63) is 39.9 Å². The summed E-state index contributed by atoms with van der Waals surface area (Å²) in [7, 11) is 0. The van der Waals surface area contributed by atoms with Gasteiger partial charge in [0.2, 0.25) is 0 Å². The smallest absolute Gasteiger partial charge is 0.322 e. The third-order valence-electron chi connectivity index (χ3n) is 4.13. The number of carboxylic acids is 1. The number of carbonyl (C=O) groups excluding carboxylic acids is 2. The fourth-order valence-electron chi connectivity index (χ4n) is 2.63. The molecule has 0 radical (unpaired) electrons. The number of amides is 1. The normalized spacial score (nSPS) is 20.2. The molecule has 0 bridgehead atoms. The molecule has 1 aromatic rings. The van der Waals surface area contributed by atoms with Crippen molar-refractivity contribution in [3.8, 4) is 0 Å². The summed E-state index contributed by atoms with van der Waals surface area (Å²) in [5.41, 5.74) is -0.559. The first-order valence-corrected chi connectivity index (χ1v) is 7.38. The summed E-state index contributed by atoms with van der Waals surface area (Å²) in [6.07, 6.45) is 0.391. The summed E-state index contributed by atoms with van der Waals surface area (Å²) in [5.74, 6) is -3.17. The Morgan fingerprint density at radius 1 is 1.35 bits per heavy atom. The Hall–Kier alpha value is -2.34. The van der Waals surface area contributed by atoms with Crippen LogP contribution in [0.25, 0.3) is 5.76 Å². The molecule has 23 heavy (non-hydrogen) atoms. The van der Waals surface area contributed by atoms with Crippen LogP contribution in [0, 0.1) is 0 Å². The van der Waals surface area contributed by atoms with Gasteiger partial charge in [0.15, 0.2) is 5.78 Å². The van der Waals surface area contributed by atoms with E-state index in [0.717, 1.165) is 0 Å². The maximum absolute atomic E-state index is 12.8. The molecule has 1 amide bonds. The Bertz CT molecular complexity index is 740. The van der Waals surface area contributed by atoms with Crippen molar-refractivity contribution in [2.45, 2.75) is 25.7 Å². The molecule has 0 aliphatic heterocycles. The second kappa shape index (κ2) is 6.04. The Morgan fingerprint density at radius 3 is 2.57 bits per heavy atom. The first kappa shape index (κ1) is 17.0. The van der Waals surface area contributed by atoms with E-state index in [4.69, 9.17) is 16.7 Å². The second-order valence-electron chi connectivity index (χ2n) is 5.50. The highest BCUT2D eigenvalue weighted by Crippen LogP contribution is 2.42. The summed E-state index contributed by atoms with van der Waals surface area (Å²) in [6.45, 7) is 2.82. The standard InChI is InChI=1S/C16H16ClNO5/c1-3-16(2)10-6-8(17)4-5-9(10)13(21)12(14(16)22)15(23)18-7-11(19)20/h4-6,21H,3,7H2,1-2H3,(H,18,23)(H,19,20). The van der Waals surface area contributed by atoms with Gasteiger partial charge in [0.05, 0.1) is 5.41 Å². The first-order valence-electron chi connectivity index (χ1n) is 7.00. The fourth-order valence-corrected chi connectivity index (χ4v) is 2.80. The monoisotopic (exact) mass is 337 g/mol. The van der Waals surface area contributed by atoms with Crippen LogP contribution >= 0.6 is 11.6 Å². The van der Waals surface area contributed by atoms with E-state index >= 15 is 0 Å². The van der Waals surface area contributed by atoms with Crippen LogP contribution < -0.4 is 5.32 Å². The molecule has 0 spiro atoms. The number of halogens is 1. The largest absolute Gasteiger partial charge is 0.506 e. The Kier molecular flexibility index (Phi) is 4.47. The van der Waals surface area contributed by atoms with E-state index in [2.05, 4.69) is 5.32 Å². The highest BCUT2D eigenvalue weighted by atomic mass is 35.5. The summed E-state index contributed by atoms with van der Waals surface area (Å²) in [4.78, 5) is 35.5. The average Bonchev–Trinajstić information content (AvgIpc) is 2.50. The van der Waals surface area contributed by atoms with Crippen LogP contribution in [-0.4, -0.2) is 34.4 Å². The zero-order valence-electron chi connectivity index (χ0n) is 12.6. The molecule has 7 heteroatoms. The lowest BCUT2D eigenvalue weighted by Crippen LogP contribution is -2.43. The zero-order chi connectivity index (χ0) is 17.4. The molecule has 1 unspecified atom stereocenters. The molecule has 0 heterocycles. The number of aliphatic hydroxyl groups excluding tert-OH is 1. The van der Waals surface area contributed by atoms with Gasteiger partial charge in [-0.3, -0.25) is 14.4 Å². The van der Waals surface area contributed by atoms with Gasteiger partial charge in [0.1, 0.15) is 17.9 Å². The highest BCUT2D eigenvalue weighted by Gasteiger charge is 2.45. The lowest BCUT2D eigenvalue weighted by Gasteiger charge is -2.34. The number of Topliss-reactive ketones (excluding diaryl/α,β-unsaturated/α-hetero) is 1. The van der Waals surface area contributed by atoms with E-state index in [1.807, 2.05) is 0 Å². The number of benzene rings is 1. The number of rotatable bonds is 4. The number of hydrogen-bond donors (Lipinski definition) is 3. The number of carbonyl (C=O) groups is 3. The van der Waals surface area contributed by atoms with Gasteiger partial charge in [-0.2, -0.15) is 0 Å². The van der Waals surface area contributed by atoms with Crippen molar-refractivity contribution in [2.75, 3.05) is 6.54 Å². The Labute approximate surface area is 137 Å². The van der Waals surface area contributed by atoms with E-state index in [1.54, 1.807) is 26.0 Å². The number of hydrogen-bond acceptors (Lipinski definition) is 4. The molecule has 1 aliphatic rings. The third-order valence-corrected chi connectivity index (χ3v) is 4.37. The van der Waals surface area contributed by atoms with Crippen molar-refractivity contribution >= 4 is 35.0 Å². The predicted molar refractivity (Wildman–Crippen MR) is 84.3 cm³/mol. The average molecular weight is 338 g/mol. The quantitative estimate of drug-likeness (QED) is 0.730. The summed E-state index contributed by atoms with van der Waals surface area (Å²) >= 11 is 5.99. The van der Waals surface area contributed by atoms with Gasteiger partial charge in [-0.05, 0) is 37.1 Å². The van der Waals surface area contributed by atoms with Crippen molar-refractivity contribution in [2.24, 2.45) is 0 Å². The van der Waals surface area contributed by atoms with Crippen molar-refractivity contribution in [1.82, 2.24) is 5.32 Å². The van der Waals surface area contributed by atoms with Crippen molar-refractivity contribution in [3.63, 3.8) is 0 Å². The minimum atomic E-state index is -1.24. The topological polar surface area (TPSA) is 104 Å². The summed E-state index contributed by atoms with van der Waals surface area (Å²) in [5, 5.41) is 21.5. The minimum absolute atomic E-state index is 0.346. The van der Waals surface area contributed by atoms with Gasteiger partial charge < -0.3 is 15.5 Å². The van der Waals surface area contributed by atoms with Crippen LogP contribution in [0.3, 0.4) is 0 Å². The number of fused-ring (bicyclic) bond motifs is 1. The van der Waals surface area contributed by atoms with E-state index in [0.29, 0.717) is 22.6 Å². The zero-order valence-corrected chi connectivity index (χ0v) is 13.4. The number of ketones is 1. The van der Waals surface area contributed by atoms with E-state index < -0.39 is 41.0 Å². The van der Waals surface area contributed by atoms with Crippen LogP contribution in [0.4, 0.5) is 0 Å². The second-order valence-corrected chi connectivity index (χ2v) is 5.94. The fraction of sp³-hybridized carbons (Fsp3) is 0.312. The molecule has 3 N–H and O–H groups in total. The number of carboxylic acid groups (broad SMARTS) is 1. The predicted octanol–water partition coefficient (Wildman–Crippen LogP) is 2.06. The molecule has 1 aliphatic carbocycles. The van der Waals surface area contributed by atoms with Crippen LogP contribution in [0.15, 0.2) is 23.8 Å². The maximum atomic E-state index is 12.8. The van der Waals surface area contributed by atoms with Crippen LogP contribution in [0.2, 0.25) is 5.02 Å². The van der Waals surface area contributed by atoms with Gasteiger partial charge >= 0.3 is 5.97 Å². The van der Waals surface area contributed by atoms with Crippen LogP contribution in [0.1, 0.15) is 31.4 Å². The SMILES string of the molecule is CCC1(C)C(=O)C(C(=O)NCC(=O)O)=C(O)c2ccc(Cl)cc21. The number of aliphatic hydroxyl groups is 1. The van der Waals surface area contributed by atoms with E-state index in [9.17, 15) is 19.5 Å². The molecule has 6 nitrogen and oxygen atoms in total. The highest BCUT2D eigenvalue weighted by molar-refractivity contribution is 6.31. The van der Waals surface area contributed by atoms with Crippen LogP contribution in [-0.2, 0) is 19.8 Å². The van der Waals surface area contributed by atoms with Gasteiger partial charge in [0, 0.05) is 10.6 Å². The lowest BCUT2D eigenvalue weighted by atomic mass is 9.68. The molecule has 2 rings (SSSR count). The molecule has 1 aromatic carbocycles. The molecular weight excluding hydrogens is 322 g/mol. The molecule has 0 saturated carbocycles. The Balaban J connectivity index is 2.60. The van der Waals surface area contributed by atoms with E-state index in [-0.39, 0.29) is 0 Å². The molecule has 0 saturated heterocycles. The summed E-state index contributed by atoms with van der Waals surface area (Å²) < 4.78 is 0. The first-order chi connectivity index (χ1) is 10.7. The number of aliphatic carboxylic acids is 1. The lowest BCUT2D eigenvalue weighted by molar-refractivity contribution is -0.138. The van der Waals surface area contributed by atoms with Gasteiger partial charge in [-0.25, -0.2) is 0 Å². The molecule has 0 aromatic heterocycles. The van der Waals surface area contributed by atoms with Gasteiger partial charge in [-0.1, -0.05) is 18.5 Å². The molecule has 1 atom stereocenters. The molecule has 0 fully saturated rings. The molecule has 122 valence electrons. The minimum Gasteiger partial charge on any atom is -0.506 e. The van der Waals surface area contributed by atoms with Gasteiger partial charge in [-0.15, -0.1) is 0 Å². The van der Waals surface area contributed by atoms with Crippen molar-refractivity contribution < 1.29 is 24.6 Å². The maximum Gasteiger partial charge on any atom is 0.322 e. The Morgan fingerprint density at radius 2 is 2.00 bits per heavy atom. The van der Waals surface area contributed by atoms with Crippen molar-refractivity contribution in [1.29, 1.82) is 0 Å². The van der Waals surface area contributed by atoms with Gasteiger partial charge in [0.25, 0.3) is 5.91 Å². The van der Waals surface area contributed by atoms with Crippen LogP contribution in [0.5, 0.6) is 0 Å². The number of nitrogens with one attached hydrogen (secondary N) is 1. The summed E-state index contributed by atoms with van der Waals surface area (Å²) in [6, 6.07) is 4.69. The third kappa shape index (κ3) is 2.82. The molecular formula is C16H16ClNO5. The van der Waals surface area contributed by atoms with E-state index in [1.165, 1.54) is 6.07 Å².